The molecule has 2 heterocycles. The van der Waals surface area contributed by atoms with Gasteiger partial charge >= 0.3 is 0 Å². The van der Waals surface area contributed by atoms with Gasteiger partial charge in [0.15, 0.2) is 0 Å². The summed E-state index contributed by atoms with van der Waals surface area (Å²) in [6, 6.07) is 25.9. The molecule has 0 aliphatic carbocycles. The lowest BCUT2D eigenvalue weighted by molar-refractivity contribution is 0.102. The van der Waals surface area contributed by atoms with Gasteiger partial charge in [-0.3, -0.25) is 9.69 Å². The van der Waals surface area contributed by atoms with Crippen LogP contribution in [-0.4, -0.2) is 42.1 Å². The second kappa shape index (κ2) is 11.3. The summed E-state index contributed by atoms with van der Waals surface area (Å²) in [6.45, 7) is 9.11. The van der Waals surface area contributed by atoms with E-state index >= 15 is 0 Å². The smallest absolute Gasteiger partial charge is 0.255 e. The van der Waals surface area contributed by atoms with Crippen LogP contribution in [0.25, 0.3) is 0 Å². The first-order valence-electron chi connectivity index (χ1n) is 12.6. The minimum absolute atomic E-state index is 0.176. The number of rotatable bonds is 8. The lowest BCUT2D eigenvalue weighted by atomic mass is 10.1. The van der Waals surface area contributed by atoms with E-state index in [1.807, 2.05) is 38.1 Å². The second-order valence-corrected chi connectivity index (χ2v) is 9.37. The Morgan fingerprint density at radius 3 is 2.41 bits per heavy atom. The van der Waals surface area contributed by atoms with Crippen LogP contribution < -0.4 is 15.0 Å². The van der Waals surface area contributed by atoms with E-state index in [0.29, 0.717) is 17.9 Å². The average molecular weight is 497 g/mol. The van der Waals surface area contributed by atoms with Crippen LogP contribution in [0.5, 0.6) is 5.75 Å². The Morgan fingerprint density at radius 2 is 1.70 bits per heavy atom. The van der Waals surface area contributed by atoms with Crippen molar-refractivity contribution in [1.82, 2.24) is 10.1 Å². The molecule has 1 amide bonds. The monoisotopic (exact) mass is 496 g/mol. The molecule has 1 N–H and O–H groups in total. The number of aromatic nitrogens is 1. The SMILES string of the molecule is Cc1noc(C)c1COc1cccc(C(=O)Nc2ccc(N3CCN(Cc4ccccc4)CC3)cc2)c1. The fourth-order valence-electron chi connectivity index (χ4n) is 4.56. The maximum atomic E-state index is 12.9. The van der Waals surface area contributed by atoms with Crippen molar-refractivity contribution in [2.75, 3.05) is 36.4 Å². The maximum absolute atomic E-state index is 12.9. The normalized spacial score (nSPS) is 13.9. The largest absolute Gasteiger partial charge is 0.489 e. The lowest BCUT2D eigenvalue weighted by Crippen LogP contribution is -2.45. The molecule has 1 saturated heterocycles. The Morgan fingerprint density at radius 1 is 0.946 bits per heavy atom. The highest BCUT2D eigenvalue weighted by molar-refractivity contribution is 6.04. The molecule has 1 aromatic heterocycles. The zero-order valence-corrected chi connectivity index (χ0v) is 21.3. The van der Waals surface area contributed by atoms with Gasteiger partial charge < -0.3 is 19.5 Å². The van der Waals surface area contributed by atoms with Gasteiger partial charge in [-0.15, -0.1) is 0 Å². The van der Waals surface area contributed by atoms with Crippen molar-refractivity contribution in [1.29, 1.82) is 0 Å². The van der Waals surface area contributed by atoms with E-state index in [2.05, 4.69) is 62.7 Å². The number of hydrogen-bond acceptors (Lipinski definition) is 6. The molecule has 7 heteroatoms. The minimum atomic E-state index is -0.176. The molecule has 5 rings (SSSR count). The first-order valence-corrected chi connectivity index (χ1v) is 12.6. The van der Waals surface area contributed by atoms with Crippen LogP contribution in [0.15, 0.2) is 83.4 Å². The predicted molar refractivity (Wildman–Crippen MR) is 145 cm³/mol. The summed E-state index contributed by atoms with van der Waals surface area (Å²) in [5, 5.41) is 6.94. The molecule has 37 heavy (non-hydrogen) atoms. The Labute approximate surface area is 217 Å². The molecule has 0 atom stereocenters. The van der Waals surface area contributed by atoms with Crippen LogP contribution in [0.4, 0.5) is 11.4 Å². The average Bonchev–Trinajstić information content (AvgIpc) is 3.26. The fourth-order valence-corrected chi connectivity index (χ4v) is 4.56. The zero-order chi connectivity index (χ0) is 25.6. The molecule has 0 saturated carbocycles. The number of ether oxygens (including phenoxy) is 1. The number of benzene rings is 3. The number of aryl methyl sites for hydroxylation is 2. The summed E-state index contributed by atoms with van der Waals surface area (Å²) in [5.41, 5.74) is 5.56. The lowest BCUT2D eigenvalue weighted by Gasteiger charge is -2.36. The number of piperazine rings is 1. The van der Waals surface area contributed by atoms with Gasteiger partial charge in [0, 0.05) is 49.7 Å². The molecule has 0 radical (unpaired) electrons. The number of carbonyl (C=O) groups is 1. The third kappa shape index (κ3) is 6.19. The molecule has 1 fully saturated rings. The molecule has 3 aromatic carbocycles. The third-order valence-corrected chi connectivity index (χ3v) is 6.77. The summed E-state index contributed by atoms with van der Waals surface area (Å²) in [6.07, 6.45) is 0. The molecule has 1 aliphatic rings. The van der Waals surface area contributed by atoms with Crippen LogP contribution >= 0.6 is 0 Å². The highest BCUT2D eigenvalue weighted by atomic mass is 16.5. The van der Waals surface area contributed by atoms with E-state index in [0.717, 1.165) is 55.4 Å². The van der Waals surface area contributed by atoms with Crippen molar-refractivity contribution >= 4 is 17.3 Å². The first kappa shape index (κ1) is 24.6. The molecule has 4 aromatic rings. The molecule has 7 nitrogen and oxygen atoms in total. The standard InChI is InChI=1S/C30H32N4O3/c1-22-29(23(2)37-32-22)21-36-28-10-6-9-25(19-28)30(35)31-26-11-13-27(14-12-26)34-17-15-33(16-18-34)20-24-7-4-3-5-8-24/h3-14,19H,15-18,20-21H2,1-2H3,(H,31,35). The fraction of sp³-hybridized carbons (Fsp3) is 0.267. The van der Waals surface area contributed by atoms with Crippen LogP contribution in [-0.2, 0) is 13.2 Å². The Bertz CT molecular complexity index is 1310. The predicted octanol–water partition coefficient (Wildman–Crippen LogP) is 5.44. The highest BCUT2D eigenvalue weighted by Gasteiger charge is 2.17. The van der Waals surface area contributed by atoms with Crippen molar-refractivity contribution in [3.63, 3.8) is 0 Å². The van der Waals surface area contributed by atoms with Gasteiger partial charge in [-0.1, -0.05) is 41.6 Å². The first-order chi connectivity index (χ1) is 18.0. The van der Waals surface area contributed by atoms with Gasteiger partial charge in [0.25, 0.3) is 5.91 Å². The number of hydrogen-bond donors (Lipinski definition) is 1. The van der Waals surface area contributed by atoms with E-state index in [1.165, 1.54) is 11.3 Å². The molecular weight excluding hydrogens is 464 g/mol. The van der Waals surface area contributed by atoms with Crippen molar-refractivity contribution < 1.29 is 14.1 Å². The van der Waals surface area contributed by atoms with Crippen LogP contribution in [0.2, 0.25) is 0 Å². The maximum Gasteiger partial charge on any atom is 0.255 e. The van der Waals surface area contributed by atoms with Crippen molar-refractivity contribution in [2.24, 2.45) is 0 Å². The van der Waals surface area contributed by atoms with Crippen molar-refractivity contribution in [2.45, 2.75) is 27.0 Å². The summed E-state index contributed by atoms with van der Waals surface area (Å²) >= 11 is 0. The molecular formula is C30H32N4O3. The number of carbonyl (C=O) groups excluding carboxylic acids is 1. The van der Waals surface area contributed by atoms with E-state index in [-0.39, 0.29) is 5.91 Å². The summed E-state index contributed by atoms with van der Waals surface area (Å²) in [4.78, 5) is 17.8. The Hall–Kier alpha value is -4.10. The molecule has 0 spiro atoms. The molecule has 190 valence electrons. The van der Waals surface area contributed by atoms with E-state index in [4.69, 9.17) is 9.26 Å². The number of nitrogens with zero attached hydrogens (tertiary/aromatic N) is 3. The third-order valence-electron chi connectivity index (χ3n) is 6.77. The molecule has 0 unspecified atom stereocenters. The number of anilines is 2. The minimum Gasteiger partial charge on any atom is -0.489 e. The Balaban J connectivity index is 1.13. The van der Waals surface area contributed by atoms with Gasteiger partial charge in [-0.05, 0) is 61.9 Å². The van der Waals surface area contributed by atoms with E-state index < -0.39 is 0 Å². The Kier molecular flexibility index (Phi) is 7.51. The van der Waals surface area contributed by atoms with Gasteiger partial charge in [-0.2, -0.15) is 0 Å². The highest BCUT2D eigenvalue weighted by Crippen LogP contribution is 2.22. The summed E-state index contributed by atoms with van der Waals surface area (Å²) in [5.74, 6) is 1.18. The van der Waals surface area contributed by atoms with Gasteiger partial charge in [0.05, 0.1) is 11.3 Å². The van der Waals surface area contributed by atoms with E-state index in [1.54, 1.807) is 12.1 Å². The van der Waals surface area contributed by atoms with Crippen LogP contribution in [0.3, 0.4) is 0 Å². The molecule has 1 aliphatic heterocycles. The van der Waals surface area contributed by atoms with Crippen LogP contribution in [0.1, 0.15) is 32.9 Å². The van der Waals surface area contributed by atoms with Gasteiger partial charge in [0.1, 0.15) is 18.1 Å². The summed E-state index contributed by atoms with van der Waals surface area (Å²) in [7, 11) is 0. The van der Waals surface area contributed by atoms with Crippen molar-refractivity contribution in [3.05, 3.63) is 107 Å². The quantitative estimate of drug-likeness (QED) is 0.350. The van der Waals surface area contributed by atoms with Crippen LogP contribution in [0, 0.1) is 13.8 Å². The summed E-state index contributed by atoms with van der Waals surface area (Å²) < 4.78 is 11.1. The molecule has 0 bridgehead atoms. The van der Waals surface area contributed by atoms with E-state index in [9.17, 15) is 4.79 Å². The second-order valence-electron chi connectivity index (χ2n) is 9.37. The number of nitrogens with one attached hydrogen (secondary N) is 1. The topological polar surface area (TPSA) is 70.8 Å². The van der Waals surface area contributed by atoms with Gasteiger partial charge in [-0.25, -0.2) is 0 Å². The zero-order valence-electron chi connectivity index (χ0n) is 21.3. The number of amides is 1. The van der Waals surface area contributed by atoms with Gasteiger partial charge in [0.2, 0.25) is 0 Å². The van der Waals surface area contributed by atoms with Crippen molar-refractivity contribution in [3.8, 4) is 5.75 Å².